The van der Waals surface area contributed by atoms with E-state index in [0.717, 1.165) is 38.0 Å². The minimum Gasteiger partial charge on any atom is -0.365 e. The molecule has 0 aromatic heterocycles. The molecule has 2 heteroatoms. The van der Waals surface area contributed by atoms with Crippen LogP contribution >= 0.6 is 0 Å². The number of terminal acetylenes is 1. The van der Waals surface area contributed by atoms with Crippen molar-refractivity contribution in [2.75, 3.05) is 7.11 Å². The molecule has 1 unspecified atom stereocenters. The second-order valence-electron chi connectivity index (χ2n) is 9.14. The third-order valence-corrected chi connectivity index (χ3v) is 8.66. The summed E-state index contributed by atoms with van der Waals surface area (Å²) in [6.45, 7) is 4.83. The first-order chi connectivity index (χ1) is 11.4. The van der Waals surface area contributed by atoms with Gasteiger partial charge in [0.2, 0.25) is 0 Å². The smallest absolute Gasteiger partial charge is 0.155 e. The SMILES string of the molecule is C#C[C@@]1(OC)CC[C@@H]2C3CCC4=CC(=O)CC[C@]4(C)[C@@H]3CC[C@@]21C. The molecule has 4 rings (SSSR count). The van der Waals surface area contributed by atoms with Gasteiger partial charge in [-0.3, -0.25) is 4.79 Å². The summed E-state index contributed by atoms with van der Waals surface area (Å²) in [4.78, 5) is 11.9. The molecule has 0 aliphatic heterocycles. The average Bonchev–Trinajstić information content (AvgIpc) is 2.88. The predicted molar refractivity (Wildman–Crippen MR) is 95.3 cm³/mol. The van der Waals surface area contributed by atoms with Crippen LogP contribution in [0.25, 0.3) is 0 Å². The summed E-state index contributed by atoms with van der Waals surface area (Å²) >= 11 is 0. The monoisotopic (exact) mass is 326 g/mol. The van der Waals surface area contributed by atoms with Crippen LogP contribution in [0.2, 0.25) is 0 Å². The number of rotatable bonds is 1. The highest BCUT2D eigenvalue weighted by molar-refractivity contribution is 5.91. The lowest BCUT2D eigenvalue weighted by Crippen LogP contribution is -2.55. The van der Waals surface area contributed by atoms with Crippen molar-refractivity contribution in [2.45, 2.75) is 70.8 Å². The molecule has 0 aromatic rings. The van der Waals surface area contributed by atoms with Gasteiger partial charge in [-0.25, -0.2) is 0 Å². The highest BCUT2D eigenvalue weighted by Gasteiger charge is 2.64. The highest BCUT2D eigenvalue weighted by atomic mass is 16.5. The van der Waals surface area contributed by atoms with Gasteiger partial charge in [0, 0.05) is 18.9 Å². The fraction of sp³-hybridized carbons (Fsp3) is 0.773. The van der Waals surface area contributed by atoms with Crippen LogP contribution in [-0.2, 0) is 9.53 Å². The molecule has 0 aromatic carbocycles. The molecule has 0 heterocycles. The molecule has 0 spiro atoms. The third kappa shape index (κ3) is 1.86. The molecule has 0 radical (unpaired) electrons. The van der Waals surface area contributed by atoms with Crippen LogP contribution in [0.1, 0.15) is 65.2 Å². The second-order valence-corrected chi connectivity index (χ2v) is 9.14. The first-order valence-corrected chi connectivity index (χ1v) is 9.67. The fourth-order valence-corrected chi connectivity index (χ4v) is 7.19. The van der Waals surface area contributed by atoms with Gasteiger partial charge in [-0.05, 0) is 74.2 Å². The minimum atomic E-state index is -0.373. The average molecular weight is 326 g/mol. The summed E-state index contributed by atoms with van der Waals surface area (Å²) in [6, 6.07) is 0. The maximum atomic E-state index is 11.9. The van der Waals surface area contributed by atoms with Gasteiger partial charge >= 0.3 is 0 Å². The minimum absolute atomic E-state index is 0.111. The van der Waals surface area contributed by atoms with Gasteiger partial charge in [-0.1, -0.05) is 25.3 Å². The number of ketones is 1. The molecule has 130 valence electrons. The van der Waals surface area contributed by atoms with Gasteiger partial charge in [0.05, 0.1) is 0 Å². The van der Waals surface area contributed by atoms with Crippen molar-refractivity contribution < 1.29 is 9.53 Å². The quantitative estimate of drug-likeness (QED) is 0.661. The van der Waals surface area contributed by atoms with Gasteiger partial charge < -0.3 is 4.74 Å². The Morgan fingerprint density at radius 2 is 1.88 bits per heavy atom. The normalized spacial score (nSPS) is 50.3. The Balaban J connectivity index is 1.70. The maximum absolute atomic E-state index is 11.9. The van der Waals surface area contributed by atoms with Crippen LogP contribution in [0, 0.1) is 40.9 Å². The molecular formula is C22H30O2. The molecule has 6 atom stereocenters. The van der Waals surface area contributed by atoms with Crippen LogP contribution in [0.15, 0.2) is 11.6 Å². The third-order valence-electron chi connectivity index (χ3n) is 8.66. The molecular weight excluding hydrogens is 296 g/mol. The van der Waals surface area contributed by atoms with Crippen LogP contribution in [0.4, 0.5) is 0 Å². The summed E-state index contributed by atoms with van der Waals surface area (Å²) in [5.74, 6) is 5.52. The Morgan fingerprint density at radius 1 is 1.12 bits per heavy atom. The Labute approximate surface area is 146 Å². The van der Waals surface area contributed by atoms with Gasteiger partial charge in [0.1, 0.15) is 5.60 Å². The number of hydrogen-bond acceptors (Lipinski definition) is 2. The molecule has 0 saturated heterocycles. The molecule has 0 N–H and O–H groups in total. The standard InChI is InChI=1S/C22H30O2/c1-5-22(24-4)13-10-19-17-7-6-15-14-16(23)8-11-20(15,2)18(17)9-12-21(19,22)3/h1,14,17-19H,6-13H2,2-4H3/t17?,18-,19-,20+,21+,22-/m1/s1. The lowest BCUT2D eigenvalue weighted by Gasteiger charge is -2.59. The molecule has 0 bridgehead atoms. The maximum Gasteiger partial charge on any atom is 0.155 e. The molecule has 3 saturated carbocycles. The van der Waals surface area contributed by atoms with E-state index in [0.29, 0.717) is 17.6 Å². The predicted octanol–water partition coefficient (Wildman–Crippen LogP) is 4.54. The Kier molecular flexibility index (Phi) is 3.56. The zero-order valence-electron chi connectivity index (χ0n) is 15.4. The Bertz CT molecular complexity index is 641. The van der Waals surface area contributed by atoms with E-state index in [2.05, 4.69) is 19.8 Å². The first-order valence-electron chi connectivity index (χ1n) is 9.67. The molecule has 24 heavy (non-hydrogen) atoms. The zero-order chi connectivity index (χ0) is 17.2. The van der Waals surface area contributed by atoms with E-state index >= 15 is 0 Å². The van der Waals surface area contributed by atoms with Crippen molar-refractivity contribution in [1.82, 2.24) is 0 Å². The number of hydrogen-bond donors (Lipinski definition) is 0. The number of carbonyl (C=O) groups is 1. The van der Waals surface area contributed by atoms with Crippen molar-refractivity contribution >= 4 is 5.78 Å². The van der Waals surface area contributed by atoms with Crippen molar-refractivity contribution in [3.05, 3.63) is 11.6 Å². The van der Waals surface area contributed by atoms with Gasteiger partial charge in [0.15, 0.2) is 5.78 Å². The van der Waals surface area contributed by atoms with Crippen LogP contribution in [0.5, 0.6) is 0 Å². The van der Waals surface area contributed by atoms with E-state index in [9.17, 15) is 4.79 Å². The van der Waals surface area contributed by atoms with Crippen molar-refractivity contribution in [3.8, 4) is 12.3 Å². The summed E-state index contributed by atoms with van der Waals surface area (Å²) in [5.41, 5.74) is 1.42. The second kappa shape index (κ2) is 5.21. The Morgan fingerprint density at radius 3 is 2.58 bits per heavy atom. The van der Waals surface area contributed by atoms with E-state index in [4.69, 9.17) is 11.2 Å². The summed E-state index contributed by atoms with van der Waals surface area (Å²) < 4.78 is 5.95. The lowest BCUT2D eigenvalue weighted by atomic mass is 9.46. The van der Waals surface area contributed by atoms with Crippen LogP contribution in [0.3, 0.4) is 0 Å². The van der Waals surface area contributed by atoms with Gasteiger partial charge in [-0.2, -0.15) is 0 Å². The van der Waals surface area contributed by atoms with Crippen LogP contribution < -0.4 is 0 Å². The summed E-state index contributed by atoms with van der Waals surface area (Å²) in [5, 5.41) is 0. The van der Waals surface area contributed by atoms with Gasteiger partial charge in [0.25, 0.3) is 0 Å². The molecule has 2 nitrogen and oxygen atoms in total. The van der Waals surface area contributed by atoms with Crippen molar-refractivity contribution in [2.24, 2.45) is 28.6 Å². The molecule has 3 fully saturated rings. The topological polar surface area (TPSA) is 26.3 Å². The van der Waals surface area contributed by atoms with Crippen LogP contribution in [-0.4, -0.2) is 18.5 Å². The molecule has 4 aliphatic carbocycles. The molecule has 4 aliphatic rings. The molecule has 0 amide bonds. The summed E-state index contributed by atoms with van der Waals surface area (Å²) in [6.07, 6.45) is 16.7. The van der Waals surface area contributed by atoms with E-state index < -0.39 is 0 Å². The van der Waals surface area contributed by atoms with Crippen molar-refractivity contribution in [3.63, 3.8) is 0 Å². The number of ether oxygens (including phenoxy) is 1. The van der Waals surface area contributed by atoms with Crippen molar-refractivity contribution in [1.29, 1.82) is 0 Å². The van der Waals surface area contributed by atoms with E-state index in [1.54, 1.807) is 7.11 Å². The zero-order valence-corrected chi connectivity index (χ0v) is 15.4. The highest BCUT2D eigenvalue weighted by Crippen LogP contribution is 2.67. The van der Waals surface area contributed by atoms with E-state index in [-0.39, 0.29) is 16.4 Å². The number of carbonyl (C=O) groups excluding carboxylic acids is 1. The van der Waals surface area contributed by atoms with E-state index in [1.165, 1.54) is 24.8 Å². The fourth-order valence-electron chi connectivity index (χ4n) is 7.19. The first kappa shape index (κ1) is 16.4. The number of methoxy groups -OCH3 is 1. The van der Waals surface area contributed by atoms with E-state index in [1.807, 2.05) is 6.08 Å². The number of allylic oxidation sites excluding steroid dienone is 1. The Hall–Kier alpha value is -1.07. The summed E-state index contributed by atoms with van der Waals surface area (Å²) in [7, 11) is 1.80. The number of fused-ring (bicyclic) bond motifs is 5. The largest absolute Gasteiger partial charge is 0.365 e. The van der Waals surface area contributed by atoms with Gasteiger partial charge in [-0.15, -0.1) is 6.42 Å². The lowest BCUT2D eigenvalue weighted by molar-refractivity contribution is -0.122.